The van der Waals surface area contributed by atoms with Gasteiger partial charge in [0.2, 0.25) is 6.10 Å². The molecule has 1 heterocycles. The van der Waals surface area contributed by atoms with Gasteiger partial charge in [0.05, 0.1) is 25.6 Å². The maximum atomic E-state index is 11.9. The van der Waals surface area contributed by atoms with Crippen LogP contribution in [0.2, 0.25) is 0 Å². The summed E-state index contributed by atoms with van der Waals surface area (Å²) in [7, 11) is -3.86. The molecule has 0 bridgehead atoms. The van der Waals surface area contributed by atoms with E-state index >= 15 is 0 Å². The van der Waals surface area contributed by atoms with Crippen molar-refractivity contribution in [1.82, 2.24) is 15.0 Å². The van der Waals surface area contributed by atoms with E-state index < -0.39 is 22.2 Å². The fourth-order valence-electron chi connectivity index (χ4n) is 1.88. The summed E-state index contributed by atoms with van der Waals surface area (Å²) < 4.78 is 33.8. The molecule has 0 spiro atoms. The number of hydrogen-bond donors (Lipinski definition) is 0. The van der Waals surface area contributed by atoms with Crippen LogP contribution in [0.1, 0.15) is 24.3 Å². The van der Waals surface area contributed by atoms with E-state index in [0.717, 1.165) is 11.8 Å². The lowest BCUT2D eigenvalue weighted by Gasteiger charge is -2.11. The number of benzene rings is 1. The van der Waals surface area contributed by atoms with Crippen molar-refractivity contribution >= 4 is 16.1 Å². The van der Waals surface area contributed by atoms with Crippen molar-refractivity contribution in [2.75, 3.05) is 12.9 Å². The number of esters is 1. The molecule has 0 aliphatic carbocycles. The van der Waals surface area contributed by atoms with Gasteiger partial charge >= 0.3 is 5.97 Å². The Labute approximate surface area is 134 Å². The van der Waals surface area contributed by atoms with E-state index in [4.69, 9.17) is 8.92 Å². The maximum Gasteiger partial charge on any atom is 0.343 e. The zero-order valence-electron chi connectivity index (χ0n) is 12.7. The third-order valence-electron chi connectivity index (χ3n) is 2.78. The van der Waals surface area contributed by atoms with Crippen molar-refractivity contribution in [2.45, 2.75) is 19.6 Å². The van der Waals surface area contributed by atoms with Gasteiger partial charge in [0, 0.05) is 0 Å². The van der Waals surface area contributed by atoms with E-state index in [0.29, 0.717) is 6.54 Å². The Hall–Kier alpha value is -2.26. The predicted octanol–water partition coefficient (Wildman–Crippen LogP) is 0.907. The lowest BCUT2D eigenvalue weighted by Crippen LogP contribution is -2.22. The first kappa shape index (κ1) is 17.1. The molecule has 0 amide bonds. The first-order chi connectivity index (χ1) is 10.9. The minimum atomic E-state index is -3.86. The summed E-state index contributed by atoms with van der Waals surface area (Å²) in [4.78, 5) is 11.9. The van der Waals surface area contributed by atoms with Crippen LogP contribution >= 0.6 is 0 Å². The van der Waals surface area contributed by atoms with Crippen LogP contribution in [-0.2, 0) is 30.4 Å². The quantitative estimate of drug-likeness (QED) is 0.546. The van der Waals surface area contributed by atoms with Crippen LogP contribution in [0.25, 0.3) is 0 Å². The van der Waals surface area contributed by atoms with Gasteiger partial charge in [-0.1, -0.05) is 35.5 Å². The minimum Gasteiger partial charge on any atom is -0.464 e. The highest BCUT2D eigenvalue weighted by atomic mass is 32.2. The number of hydrogen-bond acceptors (Lipinski definition) is 7. The predicted molar refractivity (Wildman–Crippen MR) is 80.9 cm³/mol. The minimum absolute atomic E-state index is 0.0739. The van der Waals surface area contributed by atoms with Gasteiger partial charge in [0.25, 0.3) is 10.1 Å². The van der Waals surface area contributed by atoms with Gasteiger partial charge in [0.15, 0.2) is 0 Å². The van der Waals surface area contributed by atoms with Crippen LogP contribution in [0.4, 0.5) is 0 Å². The topological polar surface area (TPSA) is 100 Å². The van der Waals surface area contributed by atoms with Crippen molar-refractivity contribution in [1.29, 1.82) is 0 Å². The molecule has 0 fully saturated rings. The smallest absolute Gasteiger partial charge is 0.343 e. The molecule has 2 rings (SSSR count). The molecule has 9 heteroatoms. The summed E-state index contributed by atoms with van der Waals surface area (Å²) in [6.45, 7) is 2.14. The monoisotopic (exact) mass is 339 g/mol. The average Bonchev–Trinajstić information content (AvgIpc) is 2.93. The highest BCUT2D eigenvalue weighted by Gasteiger charge is 2.30. The fourth-order valence-corrected chi connectivity index (χ4v) is 2.41. The molecule has 23 heavy (non-hydrogen) atoms. The second-order valence-electron chi connectivity index (χ2n) is 4.76. The first-order valence-corrected chi connectivity index (χ1v) is 8.69. The third-order valence-corrected chi connectivity index (χ3v) is 3.33. The van der Waals surface area contributed by atoms with Crippen LogP contribution in [0.3, 0.4) is 0 Å². The zero-order chi connectivity index (χ0) is 16.9. The normalized spacial score (nSPS) is 12.8. The Morgan fingerprint density at radius 2 is 2.00 bits per heavy atom. The van der Waals surface area contributed by atoms with Gasteiger partial charge in [-0.3, -0.25) is 0 Å². The Kier molecular flexibility index (Phi) is 5.45. The van der Waals surface area contributed by atoms with Crippen LogP contribution in [0.5, 0.6) is 0 Å². The van der Waals surface area contributed by atoms with Gasteiger partial charge in [-0.05, 0) is 12.5 Å². The summed E-state index contributed by atoms with van der Waals surface area (Å²) in [5.41, 5.74) is 1.06. The van der Waals surface area contributed by atoms with Crippen molar-refractivity contribution in [3.63, 3.8) is 0 Å². The molecule has 1 aromatic carbocycles. The SMILES string of the molecule is CCOC(=O)C(OS(C)(=O)=O)c1cn(Cc2ccccc2)nn1. The number of carbonyl (C=O) groups is 1. The summed E-state index contributed by atoms with van der Waals surface area (Å²) >= 11 is 0. The molecule has 0 N–H and O–H groups in total. The maximum absolute atomic E-state index is 11.9. The summed E-state index contributed by atoms with van der Waals surface area (Å²) in [5.74, 6) is -0.829. The van der Waals surface area contributed by atoms with Crippen molar-refractivity contribution < 1.29 is 22.1 Å². The van der Waals surface area contributed by atoms with Crippen molar-refractivity contribution in [3.8, 4) is 0 Å². The molecule has 8 nitrogen and oxygen atoms in total. The second-order valence-corrected chi connectivity index (χ2v) is 6.36. The van der Waals surface area contributed by atoms with E-state index in [9.17, 15) is 13.2 Å². The van der Waals surface area contributed by atoms with Crippen molar-refractivity contribution in [3.05, 3.63) is 47.8 Å². The molecular weight excluding hydrogens is 322 g/mol. The number of aromatic nitrogens is 3. The summed E-state index contributed by atoms with van der Waals surface area (Å²) in [6.07, 6.45) is 0.849. The second kappa shape index (κ2) is 7.34. The molecule has 1 unspecified atom stereocenters. The van der Waals surface area contributed by atoms with E-state index in [1.165, 1.54) is 10.9 Å². The molecule has 2 aromatic rings. The molecule has 1 aromatic heterocycles. The van der Waals surface area contributed by atoms with E-state index in [1.807, 2.05) is 30.3 Å². The molecule has 0 radical (unpaired) electrons. The molecule has 0 aliphatic heterocycles. The molecule has 0 saturated carbocycles. The third kappa shape index (κ3) is 5.15. The highest BCUT2D eigenvalue weighted by molar-refractivity contribution is 7.86. The Morgan fingerprint density at radius 1 is 1.30 bits per heavy atom. The van der Waals surface area contributed by atoms with Gasteiger partial charge in [-0.15, -0.1) is 5.10 Å². The number of nitrogens with zero attached hydrogens (tertiary/aromatic N) is 3. The van der Waals surface area contributed by atoms with Crippen molar-refractivity contribution in [2.24, 2.45) is 0 Å². The largest absolute Gasteiger partial charge is 0.464 e. The van der Waals surface area contributed by atoms with Crippen LogP contribution in [0, 0.1) is 0 Å². The fraction of sp³-hybridized carbons (Fsp3) is 0.357. The molecular formula is C14H17N3O5S. The zero-order valence-corrected chi connectivity index (χ0v) is 13.6. The molecule has 124 valence electrons. The number of ether oxygens (including phenoxy) is 1. The van der Waals surface area contributed by atoms with Gasteiger partial charge in [-0.25, -0.2) is 13.7 Å². The summed E-state index contributed by atoms with van der Waals surface area (Å²) in [5, 5.41) is 7.71. The molecule has 0 aliphatic rings. The first-order valence-electron chi connectivity index (χ1n) is 6.88. The standard InChI is InChI=1S/C14H17N3O5S/c1-3-21-14(18)13(22-23(2,19)20)12-10-17(16-15-12)9-11-7-5-4-6-8-11/h4-8,10,13H,3,9H2,1-2H3. The lowest BCUT2D eigenvalue weighted by atomic mass is 10.2. The van der Waals surface area contributed by atoms with Gasteiger partial charge in [-0.2, -0.15) is 8.42 Å². The Bertz CT molecular complexity index is 758. The van der Waals surface area contributed by atoms with Crippen LogP contribution in [0.15, 0.2) is 36.5 Å². The van der Waals surface area contributed by atoms with Crippen LogP contribution < -0.4 is 0 Å². The number of rotatable bonds is 7. The van der Waals surface area contributed by atoms with E-state index in [2.05, 4.69) is 10.3 Å². The van der Waals surface area contributed by atoms with E-state index in [-0.39, 0.29) is 12.3 Å². The molecule has 0 saturated heterocycles. The lowest BCUT2D eigenvalue weighted by molar-refractivity contribution is -0.151. The van der Waals surface area contributed by atoms with Gasteiger partial charge < -0.3 is 4.74 Å². The average molecular weight is 339 g/mol. The Balaban J connectivity index is 2.20. The number of carbonyl (C=O) groups excluding carboxylic acids is 1. The highest BCUT2D eigenvalue weighted by Crippen LogP contribution is 2.19. The van der Waals surface area contributed by atoms with Crippen LogP contribution in [-0.4, -0.2) is 42.2 Å². The Morgan fingerprint density at radius 3 is 2.61 bits per heavy atom. The van der Waals surface area contributed by atoms with Gasteiger partial charge in [0.1, 0.15) is 5.69 Å². The van der Waals surface area contributed by atoms with E-state index in [1.54, 1.807) is 6.92 Å². The summed E-state index contributed by atoms with van der Waals surface area (Å²) in [6, 6.07) is 9.50. The molecule has 1 atom stereocenters.